The maximum atomic E-state index is 9.65. The van der Waals surface area contributed by atoms with E-state index >= 15 is 0 Å². The Morgan fingerprint density at radius 3 is 2.61 bits per heavy atom. The van der Waals surface area contributed by atoms with Crippen LogP contribution < -0.4 is 5.32 Å². The van der Waals surface area contributed by atoms with E-state index in [0.717, 1.165) is 17.1 Å². The molecule has 0 aliphatic rings. The number of hydrogen-bond donors (Lipinski definition) is 2. The third-order valence-electron chi connectivity index (χ3n) is 3.05. The molecular formula is C14H18N2OS. The van der Waals surface area contributed by atoms with E-state index in [1.165, 1.54) is 4.88 Å². The minimum Gasteiger partial charge on any atom is -0.394 e. The average molecular weight is 262 g/mol. The van der Waals surface area contributed by atoms with Gasteiger partial charge in [0.2, 0.25) is 0 Å². The molecule has 0 spiro atoms. The van der Waals surface area contributed by atoms with Gasteiger partial charge in [0.15, 0.2) is 0 Å². The van der Waals surface area contributed by atoms with Gasteiger partial charge in [0.1, 0.15) is 0 Å². The summed E-state index contributed by atoms with van der Waals surface area (Å²) in [6.45, 7) is 4.79. The van der Waals surface area contributed by atoms with Crippen LogP contribution in [0.2, 0.25) is 0 Å². The highest BCUT2D eigenvalue weighted by Gasteiger charge is 2.24. The normalized spacial score (nSPS) is 14.4. The first kappa shape index (κ1) is 13.2. The second-order valence-corrected chi connectivity index (χ2v) is 5.87. The zero-order valence-corrected chi connectivity index (χ0v) is 11.5. The van der Waals surface area contributed by atoms with E-state index in [0.29, 0.717) is 0 Å². The van der Waals surface area contributed by atoms with E-state index in [4.69, 9.17) is 0 Å². The SMILES string of the molecule is Cc1ncc(CNC(C)(CO)c2ccccc2)s1. The van der Waals surface area contributed by atoms with Crippen LogP contribution in [0.15, 0.2) is 36.5 Å². The molecule has 0 amide bonds. The van der Waals surface area contributed by atoms with Gasteiger partial charge in [0.25, 0.3) is 0 Å². The van der Waals surface area contributed by atoms with Gasteiger partial charge >= 0.3 is 0 Å². The Morgan fingerprint density at radius 2 is 2.06 bits per heavy atom. The zero-order valence-electron chi connectivity index (χ0n) is 10.7. The summed E-state index contributed by atoms with van der Waals surface area (Å²) >= 11 is 1.68. The summed E-state index contributed by atoms with van der Waals surface area (Å²) in [7, 11) is 0. The number of nitrogens with zero attached hydrogens (tertiary/aromatic N) is 1. The first-order valence-corrected chi connectivity index (χ1v) is 6.78. The lowest BCUT2D eigenvalue weighted by molar-refractivity contribution is 0.174. The van der Waals surface area contributed by atoms with Crippen LogP contribution in [0.1, 0.15) is 22.4 Å². The molecule has 1 aromatic heterocycles. The van der Waals surface area contributed by atoms with Gasteiger partial charge in [-0.3, -0.25) is 0 Å². The van der Waals surface area contributed by atoms with Gasteiger partial charge in [0, 0.05) is 17.6 Å². The Bertz CT molecular complexity index is 498. The van der Waals surface area contributed by atoms with E-state index in [9.17, 15) is 5.11 Å². The molecule has 4 heteroatoms. The average Bonchev–Trinajstić information content (AvgIpc) is 2.83. The number of aliphatic hydroxyl groups excluding tert-OH is 1. The third-order valence-corrected chi connectivity index (χ3v) is 3.96. The van der Waals surface area contributed by atoms with Crippen molar-refractivity contribution in [1.29, 1.82) is 0 Å². The molecule has 1 atom stereocenters. The molecule has 2 aromatic rings. The highest BCUT2D eigenvalue weighted by Crippen LogP contribution is 2.21. The topological polar surface area (TPSA) is 45.2 Å². The maximum absolute atomic E-state index is 9.65. The van der Waals surface area contributed by atoms with Crippen molar-refractivity contribution in [1.82, 2.24) is 10.3 Å². The smallest absolute Gasteiger partial charge is 0.0897 e. The molecule has 0 radical (unpaired) electrons. The Balaban J connectivity index is 2.09. The molecule has 0 fully saturated rings. The fourth-order valence-corrected chi connectivity index (χ4v) is 2.56. The van der Waals surface area contributed by atoms with Gasteiger partial charge in [-0.2, -0.15) is 0 Å². The second-order valence-electron chi connectivity index (χ2n) is 4.56. The van der Waals surface area contributed by atoms with Crippen LogP contribution in [0.25, 0.3) is 0 Å². The first-order chi connectivity index (χ1) is 8.64. The van der Waals surface area contributed by atoms with Gasteiger partial charge in [-0.1, -0.05) is 30.3 Å². The molecule has 2 rings (SSSR count). The zero-order chi connectivity index (χ0) is 13.0. The van der Waals surface area contributed by atoms with Crippen LogP contribution in [0.3, 0.4) is 0 Å². The van der Waals surface area contributed by atoms with Gasteiger partial charge < -0.3 is 10.4 Å². The Morgan fingerprint density at radius 1 is 1.33 bits per heavy atom. The van der Waals surface area contributed by atoms with E-state index < -0.39 is 5.54 Å². The summed E-state index contributed by atoms with van der Waals surface area (Å²) in [5.41, 5.74) is 0.674. The lowest BCUT2D eigenvalue weighted by atomic mass is 9.93. The number of aryl methyl sites for hydroxylation is 1. The second kappa shape index (κ2) is 5.61. The number of aliphatic hydroxyl groups is 1. The molecule has 0 bridgehead atoms. The lowest BCUT2D eigenvalue weighted by Gasteiger charge is -2.29. The highest BCUT2D eigenvalue weighted by molar-refractivity contribution is 7.11. The van der Waals surface area contributed by atoms with Crippen LogP contribution in [0.4, 0.5) is 0 Å². The van der Waals surface area contributed by atoms with Gasteiger partial charge in [0.05, 0.1) is 17.2 Å². The molecule has 0 aliphatic carbocycles. The van der Waals surface area contributed by atoms with E-state index in [2.05, 4.69) is 10.3 Å². The van der Waals surface area contributed by atoms with Crippen LogP contribution in [0, 0.1) is 6.92 Å². The highest BCUT2D eigenvalue weighted by atomic mass is 32.1. The standard InChI is InChI=1S/C14H18N2OS/c1-11-15-8-13(18-11)9-16-14(2,10-17)12-6-4-3-5-7-12/h3-8,16-17H,9-10H2,1-2H3. The van der Waals surface area contributed by atoms with E-state index in [1.807, 2.05) is 50.4 Å². The molecule has 0 saturated carbocycles. The van der Waals surface area contributed by atoms with Gasteiger partial charge in [-0.15, -0.1) is 11.3 Å². The first-order valence-electron chi connectivity index (χ1n) is 5.97. The van der Waals surface area contributed by atoms with Gasteiger partial charge in [-0.05, 0) is 19.4 Å². The van der Waals surface area contributed by atoms with Crippen molar-refractivity contribution in [2.75, 3.05) is 6.61 Å². The minimum absolute atomic E-state index is 0.0643. The monoisotopic (exact) mass is 262 g/mol. The fourth-order valence-electron chi connectivity index (χ4n) is 1.82. The third kappa shape index (κ3) is 2.96. The van der Waals surface area contributed by atoms with Crippen LogP contribution >= 0.6 is 11.3 Å². The Labute approximate surface area is 112 Å². The number of nitrogens with one attached hydrogen (secondary N) is 1. The lowest BCUT2D eigenvalue weighted by Crippen LogP contribution is -2.42. The predicted molar refractivity (Wildman–Crippen MR) is 74.6 cm³/mol. The Hall–Kier alpha value is -1.23. The van der Waals surface area contributed by atoms with Crippen molar-refractivity contribution >= 4 is 11.3 Å². The summed E-state index contributed by atoms with van der Waals surface area (Å²) in [5, 5.41) is 14.1. The van der Waals surface area contributed by atoms with Gasteiger partial charge in [-0.25, -0.2) is 4.98 Å². The molecule has 0 aliphatic heterocycles. The molecule has 1 unspecified atom stereocenters. The van der Waals surface area contributed by atoms with Crippen molar-refractivity contribution in [3.63, 3.8) is 0 Å². The van der Waals surface area contributed by atoms with Crippen molar-refractivity contribution in [2.24, 2.45) is 0 Å². The summed E-state index contributed by atoms with van der Waals surface area (Å²) in [6.07, 6.45) is 1.88. The number of aromatic nitrogens is 1. The molecular weight excluding hydrogens is 244 g/mol. The maximum Gasteiger partial charge on any atom is 0.0897 e. The number of rotatable bonds is 5. The summed E-state index contributed by atoms with van der Waals surface area (Å²) in [6, 6.07) is 10.0. The van der Waals surface area contributed by atoms with Crippen molar-refractivity contribution < 1.29 is 5.11 Å². The molecule has 2 N–H and O–H groups in total. The van der Waals surface area contributed by atoms with Crippen LogP contribution in [0.5, 0.6) is 0 Å². The van der Waals surface area contributed by atoms with Crippen molar-refractivity contribution in [3.8, 4) is 0 Å². The van der Waals surface area contributed by atoms with Crippen molar-refractivity contribution in [2.45, 2.75) is 25.9 Å². The Kier molecular flexibility index (Phi) is 4.11. The molecule has 18 heavy (non-hydrogen) atoms. The summed E-state index contributed by atoms with van der Waals surface area (Å²) in [5.74, 6) is 0. The quantitative estimate of drug-likeness (QED) is 0.870. The fraction of sp³-hybridized carbons (Fsp3) is 0.357. The molecule has 1 heterocycles. The van der Waals surface area contributed by atoms with Crippen LogP contribution in [-0.4, -0.2) is 16.7 Å². The van der Waals surface area contributed by atoms with Crippen LogP contribution in [-0.2, 0) is 12.1 Å². The van der Waals surface area contributed by atoms with E-state index in [-0.39, 0.29) is 6.61 Å². The summed E-state index contributed by atoms with van der Waals surface area (Å²) < 4.78 is 0. The van der Waals surface area contributed by atoms with E-state index in [1.54, 1.807) is 11.3 Å². The minimum atomic E-state index is -0.418. The molecule has 1 aromatic carbocycles. The molecule has 3 nitrogen and oxygen atoms in total. The summed E-state index contributed by atoms with van der Waals surface area (Å²) in [4.78, 5) is 5.42. The largest absolute Gasteiger partial charge is 0.394 e. The predicted octanol–water partition coefficient (Wildman–Crippen LogP) is 2.45. The number of hydrogen-bond acceptors (Lipinski definition) is 4. The molecule has 96 valence electrons. The number of benzene rings is 1. The molecule has 0 saturated heterocycles. The number of thiazole rings is 1. The van der Waals surface area contributed by atoms with Crippen molar-refractivity contribution in [3.05, 3.63) is 52.0 Å².